The fourth-order valence-corrected chi connectivity index (χ4v) is 2.79. The van der Waals surface area contributed by atoms with E-state index in [9.17, 15) is 5.11 Å². The van der Waals surface area contributed by atoms with Gasteiger partial charge in [0.05, 0.1) is 13.4 Å². The molecule has 4 heteroatoms. The minimum absolute atomic E-state index is 0.382. The van der Waals surface area contributed by atoms with Crippen molar-refractivity contribution in [2.75, 3.05) is 13.7 Å². The molecule has 2 aromatic carbocycles. The summed E-state index contributed by atoms with van der Waals surface area (Å²) in [7, 11) is 1.67. The number of rotatable bonds is 6. The van der Waals surface area contributed by atoms with Crippen molar-refractivity contribution >= 4 is 10.8 Å². The number of hydrogen-bond donors (Lipinski definition) is 2. The molecule has 0 saturated heterocycles. The first-order valence-electron chi connectivity index (χ1n) is 7.63. The van der Waals surface area contributed by atoms with Crippen molar-refractivity contribution in [3.8, 4) is 5.75 Å². The van der Waals surface area contributed by atoms with Crippen molar-refractivity contribution in [3.63, 3.8) is 0 Å². The SMILES string of the molecule is COc1ccc2ccccc2c1CNCC(C)(O)c1ccco1. The van der Waals surface area contributed by atoms with Crippen LogP contribution in [0.25, 0.3) is 10.8 Å². The minimum atomic E-state index is -1.05. The van der Waals surface area contributed by atoms with Crippen molar-refractivity contribution in [1.29, 1.82) is 0 Å². The Morgan fingerprint density at radius 3 is 2.70 bits per heavy atom. The number of methoxy groups -OCH3 is 1. The highest BCUT2D eigenvalue weighted by Gasteiger charge is 2.25. The second-order valence-corrected chi connectivity index (χ2v) is 5.82. The van der Waals surface area contributed by atoms with Gasteiger partial charge in [-0.3, -0.25) is 0 Å². The summed E-state index contributed by atoms with van der Waals surface area (Å²) < 4.78 is 10.8. The van der Waals surface area contributed by atoms with Crippen molar-refractivity contribution in [2.24, 2.45) is 0 Å². The van der Waals surface area contributed by atoms with Crippen LogP contribution >= 0.6 is 0 Å². The molecular formula is C19H21NO3. The summed E-state index contributed by atoms with van der Waals surface area (Å²) in [5.41, 5.74) is 0.0299. The third-order valence-electron chi connectivity index (χ3n) is 4.04. The molecule has 0 saturated carbocycles. The predicted molar refractivity (Wildman–Crippen MR) is 90.5 cm³/mol. The molecule has 3 aromatic rings. The summed E-state index contributed by atoms with van der Waals surface area (Å²) in [6.45, 7) is 2.72. The van der Waals surface area contributed by atoms with Crippen LogP contribution in [0.5, 0.6) is 5.75 Å². The van der Waals surface area contributed by atoms with Gasteiger partial charge in [-0.25, -0.2) is 0 Å². The lowest BCUT2D eigenvalue weighted by Gasteiger charge is -2.22. The molecule has 120 valence electrons. The lowest BCUT2D eigenvalue weighted by atomic mass is 10.0. The summed E-state index contributed by atoms with van der Waals surface area (Å²) in [4.78, 5) is 0. The van der Waals surface area contributed by atoms with Crippen LogP contribution in [0.1, 0.15) is 18.2 Å². The number of aliphatic hydroxyl groups is 1. The second-order valence-electron chi connectivity index (χ2n) is 5.82. The molecule has 1 heterocycles. The van der Waals surface area contributed by atoms with E-state index in [2.05, 4.69) is 23.5 Å². The highest BCUT2D eigenvalue weighted by Crippen LogP contribution is 2.28. The van der Waals surface area contributed by atoms with Gasteiger partial charge in [-0.15, -0.1) is 0 Å². The number of hydrogen-bond acceptors (Lipinski definition) is 4. The maximum absolute atomic E-state index is 10.5. The first-order chi connectivity index (χ1) is 11.1. The van der Waals surface area contributed by atoms with Crippen molar-refractivity contribution < 1.29 is 14.3 Å². The Morgan fingerprint density at radius 2 is 1.96 bits per heavy atom. The monoisotopic (exact) mass is 311 g/mol. The Bertz CT molecular complexity index is 778. The molecular weight excluding hydrogens is 290 g/mol. The second kappa shape index (κ2) is 6.44. The average Bonchev–Trinajstić information content (AvgIpc) is 3.10. The minimum Gasteiger partial charge on any atom is -0.496 e. The maximum Gasteiger partial charge on any atom is 0.136 e. The molecule has 1 unspecified atom stereocenters. The van der Waals surface area contributed by atoms with Crippen molar-refractivity contribution in [1.82, 2.24) is 5.32 Å². The first-order valence-corrected chi connectivity index (χ1v) is 7.63. The predicted octanol–water partition coefficient (Wildman–Crippen LogP) is 3.44. The van der Waals surface area contributed by atoms with Crippen molar-refractivity contribution in [2.45, 2.75) is 19.1 Å². The number of furan rings is 1. The molecule has 23 heavy (non-hydrogen) atoms. The lowest BCUT2D eigenvalue weighted by molar-refractivity contribution is 0.0340. The topological polar surface area (TPSA) is 54.6 Å². The van der Waals surface area contributed by atoms with E-state index in [4.69, 9.17) is 9.15 Å². The van der Waals surface area contributed by atoms with Crippen LogP contribution in [0, 0.1) is 0 Å². The molecule has 0 aliphatic heterocycles. The Labute approximate surface area is 135 Å². The maximum atomic E-state index is 10.5. The fourth-order valence-electron chi connectivity index (χ4n) is 2.79. The van der Waals surface area contributed by atoms with Gasteiger partial charge in [-0.05, 0) is 35.9 Å². The van der Waals surface area contributed by atoms with E-state index in [1.165, 1.54) is 5.39 Å². The van der Waals surface area contributed by atoms with Gasteiger partial charge in [0, 0.05) is 18.7 Å². The number of fused-ring (bicyclic) bond motifs is 1. The smallest absolute Gasteiger partial charge is 0.136 e. The quantitative estimate of drug-likeness (QED) is 0.732. The summed E-state index contributed by atoms with van der Waals surface area (Å²) >= 11 is 0. The molecule has 3 rings (SSSR count). The molecule has 4 nitrogen and oxygen atoms in total. The average molecular weight is 311 g/mol. The number of benzene rings is 2. The van der Waals surface area contributed by atoms with E-state index in [0.29, 0.717) is 18.8 Å². The van der Waals surface area contributed by atoms with Crippen LogP contribution in [0.2, 0.25) is 0 Å². The van der Waals surface area contributed by atoms with Gasteiger partial charge in [0.1, 0.15) is 17.1 Å². The van der Waals surface area contributed by atoms with Gasteiger partial charge in [0.2, 0.25) is 0 Å². The third-order valence-corrected chi connectivity index (χ3v) is 4.04. The van der Waals surface area contributed by atoms with Gasteiger partial charge >= 0.3 is 0 Å². The normalized spacial score (nSPS) is 13.9. The summed E-state index contributed by atoms with van der Waals surface area (Å²) in [6, 6.07) is 15.8. The summed E-state index contributed by atoms with van der Waals surface area (Å²) in [5.74, 6) is 1.39. The molecule has 0 spiro atoms. The van der Waals surface area contributed by atoms with Crippen LogP contribution in [0.3, 0.4) is 0 Å². The van der Waals surface area contributed by atoms with Gasteiger partial charge < -0.3 is 19.6 Å². The fraction of sp³-hybridized carbons (Fsp3) is 0.263. The van der Waals surface area contributed by atoms with E-state index >= 15 is 0 Å². The molecule has 1 aromatic heterocycles. The molecule has 0 amide bonds. The Kier molecular flexibility index (Phi) is 4.37. The molecule has 0 fully saturated rings. The largest absolute Gasteiger partial charge is 0.496 e. The summed E-state index contributed by atoms with van der Waals surface area (Å²) in [6.07, 6.45) is 1.57. The van der Waals surface area contributed by atoms with Gasteiger partial charge in [-0.1, -0.05) is 30.3 Å². The van der Waals surface area contributed by atoms with Gasteiger partial charge in [0.25, 0.3) is 0 Å². The lowest BCUT2D eigenvalue weighted by Crippen LogP contribution is -2.34. The molecule has 2 N–H and O–H groups in total. The zero-order valence-electron chi connectivity index (χ0n) is 13.4. The van der Waals surface area contributed by atoms with Gasteiger partial charge in [-0.2, -0.15) is 0 Å². The number of ether oxygens (including phenoxy) is 1. The van der Waals surface area contributed by atoms with E-state index in [-0.39, 0.29) is 0 Å². The van der Waals surface area contributed by atoms with E-state index < -0.39 is 5.60 Å². The third kappa shape index (κ3) is 3.23. The van der Waals surface area contributed by atoms with E-state index in [1.54, 1.807) is 32.4 Å². The molecule has 0 bridgehead atoms. The highest BCUT2D eigenvalue weighted by atomic mass is 16.5. The molecule has 0 radical (unpaired) electrons. The Hall–Kier alpha value is -2.30. The molecule has 1 atom stereocenters. The number of nitrogens with one attached hydrogen (secondary N) is 1. The van der Waals surface area contributed by atoms with Crippen molar-refractivity contribution in [3.05, 3.63) is 66.1 Å². The zero-order chi connectivity index (χ0) is 16.3. The van der Waals surface area contributed by atoms with Crippen LogP contribution in [-0.4, -0.2) is 18.8 Å². The van der Waals surface area contributed by atoms with Crippen LogP contribution in [0.4, 0.5) is 0 Å². The zero-order valence-corrected chi connectivity index (χ0v) is 13.4. The van der Waals surface area contributed by atoms with Crippen LogP contribution in [-0.2, 0) is 12.1 Å². The molecule has 0 aliphatic rings. The highest BCUT2D eigenvalue weighted by molar-refractivity contribution is 5.87. The molecule has 0 aliphatic carbocycles. The van der Waals surface area contributed by atoms with Crippen LogP contribution in [0.15, 0.2) is 59.2 Å². The standard InChI is InChI=1S/C19H21NO3/c1-19(21,18-8-5-11-23-18)13-20-12-16-15-7-4-3-6-14(15)9-10-17(16)22-2/h3-11,20-21H,12-13H2,1-2H3. The Morgan fingerprint density at radius 1 is 1.13 bits per heavy atom. The summed E-state index contributed by atoms with van der Waals surface area (Å²) in [5, 5.41) is 16.1. The van der Waals surface area contributed by atoms with Crippen LogP contribution < -0.4 is 10.1 Å². The first kappa shape index (κ1) is 15.6. The van der Waals surface area contributed by atoms with E-state index in [1.807, 2.05) is 18.2 Å². The Balaban J connectivity index is 1.79. The van der Waals surface area contributed by atoms with E-state index in [0.717, 1.165) is 16.7 Å². The van der Waals surface area contributed by atoms with Gasteiger partial charge in [0.15, 0.2) is 0 Å².